The Balaban J connectivity index is 1.54. The van der Waals surface area contributed by atoms with Crippen LogP contribution >= 0.6 is 0 Å². The Bertz CT molecular complexity index is 804. The number of hydrogen-bond donors (Lipinski definition) is 1. The van der Waals surface area contributed by atoms with Gasteiger partial charge in [-0.05, 0) is 55.9 Å². The molecule has 3 rings (SSSR count). The van der Waals surface area contributed by atoms with E-state index in [2.05, 4.69) is 5.32 Å². The maximum Gasteiger partial charge on any atom is 0.325 e. The van der Waals surface area contributed by atoms with Crippen LogP contribution in [0.15, 0.2) is 29.2 Å². The molecule has 0 spiro atoms. The summed E-state index contributed by atoms with van der Waals surface area (Å²) in [6.07, 6.45) is 3.33. The number of ether oxygens (including phenoxy) is 2. The average molecular weight is 410 g/mol. The highest BCUT2D eigenvalue weighted by molar-refractivity contribution is 7.89. The van der Waals surface area contributed by atoms with E-state index in [0.717, 1.165) is 12.8 Å². The standard InChI is InChI=1S/C19H26N2O6S/c1-26-16-6-8-17(9-7-16)28(24,25)21-10-2-3-15(12-21)19(23)20-11-18(22)27-13-14-4-5-14/h6-9,14-15H,2-5,10-13H2,1H3,(H,20,23). The number of benzene rings is 1. The maximum atomic E-state index is 12.9. The van der Waals surface area contributed by atoms with Gasteiger partial charge in [-0.3, -0.25) is 9.59 Å². The molecule has 9 heteroatoms. The van der Waals surface area contributed by atoms with Crippen LogP contribution in [0.25, 0.3) is 0 Å². The second-order valence-electron chi connectivity index (χ2n) is 7.22. The number of sulfonamides is 1. The van der Waals surface area contributed by atoms with Crippen molar-refractivity contribution < 1.29 is 27.5 Å². The number of hydrogen-bond acceptors (Lipinski definition) is 6. The fraction of sp³-hybridized carbons (Fsp3) is 0.579. The van der Waals surface area contributed by atoms with Crippen LogP contribution in [-0.4, -0.2) is 58.0 Å². The summed E-state index contributed by atoms with van der Waals surface area (Å²) in [5.41, 5.74) is 0. The predicted molar refractivity (Wildman–Crippen MR) is 101 cm³/mol. The highest BCUT2D eigenvalue weighted by Gasteiger charge is 2.33. The van der Waals surface area contributed by atoms with Crippen molar-refractivity contribution in [2.45, 2.75) is 30.6 Å². The van der Waals surface area contributed by atoms with Crippen LogP contribution in [0.5, 0.6) is 5.75 Å². The number of nitrogens with zero attached hydrogens (tertiary/aromatic N) is 1. The summed E-state index contributed by atoms with van der Waals surface area (Å²) >= 11 is 0. The van der Waals surface area contributed by atoms with Crippen molar-refractivity contribution in [3.05, 3.63) is 24.3 Å². The van der Waals surface area contributed by atoms with Gasteiger partial charge in [-0.15, -0.1) is 0 Å². The van der Waals surface area contributed by atoms with Crippen molar-refractivity contribution in [3.63, 3.8) is 0 Å². The van der Waals surface area contributed by atoms with Crippen molar-refractivity contribution in [1.82, 2.24) is 9.62 Å². The summed E-state index contributed by atoms with van der Waals surface area (Å²) in [5.74, 6) is -0.229. The second kappa shape index (κ2) is 8.91. The summed E-state index contributed by atoms with van der Waals surface area (Å²) in [7, 11) is -2.18. The lowest BCUT2D eigenvalue weighted by atomic mass is 9.99. The molecule has 1 heterocycles. The smallest absolute Gasteiger partial charge is 0.325 e. The van der Waals surface area contributed by atoms with E-state index in [0.29, 0.717) is 37.7 Å². The Morgan fingerprint density at radius 1 is 1.18 bits per heavy atom. The fourth-order valence-electron chi connectivity index (χ4n) is 3.12. The topological polar surface area (TPSA) is 102 Å². The van der Waals surface area contributed by atoms with Crippen LogP contribution < -0.4 is 10.1 Å². The average Bonchev–Trinajstić information content (AvgIpc) is 3.55. The summed E-state index contributed by atoms with van der Waals surface area (Å²) in [6.45, 7) is 0.679. The van der Waals surface area contributed by atoms with E-state index in [-0.39, 0.29) is 23.9 Å². The lowest BCUT2D eigenvalue weighted by molar-refractivity contribution is -0.144. The molecule has 1 saturated carbocycles. The van der Waals surface area contributed by atoms with Crippen LogP contribution in [0.2, 0.25) is 0 Å². The van der Waals surface area contributed by atoms with Gasteiger partial charge in [-0.2, -0.15) is 4.31 Å². The highest BCUT2D eigenvalue weighted by Crippen LogP contribution is 2.28. The molecule has 1 atom stereocenters. The first kappa shape index (κ1) is 20.6. The molecular formula is C19H26N2O6S. The number of nitrogens with one attached hydrogen (secondary N) is 1. The number of rotatable bonds is 8. The fourth-order valence-corrected chi connectivity index (χ4v) is 4.65. The Morgan fingerprint density at radius 2 is 1.89 bits per heavy atom. The summed E-state index contributed by atoms with van der Waals surface area (Å²) < 4.78 is 37.2. The largest absolute Gasteiger partial charge is 0.497 e. The number of amides is 1. The molecule has 1 N–H and O–H groups in total. The third-order valence-electron chi connectivity index (χ3n) is 5.04. The van der Waals surface area contributed by atoms with E-state index in [4.69, 9.17) is 9.47 Å². The van der Waals surface area contributed by atoms with Gasteiger partial charge in [-0.1, -0.05) is 0 Å². The van der Waals surface area contributed by atoms with Gasteiger partial charge in [0.1, 0.15) is 12.3 Å². The molecule has 1 unspecified atom stereocenters. The molecule has 8 nitrogen and oxygen atoms in total. The molecule has 1 aliphatic carbocycles. The Morgan fingerprint density at radius 3 is 2.54 bits per heavy atom. The molecule has 28 heavy (non-hydrogen) atoms. The molecule has 0 aromatic heterocycles. The zero-order valence-electron chi connectivity index (χ0n) is 15.9. The van der Waals surface area contributed by atoms with E-state index in [1.54, 1.807) is 12.1 Å². The van der Waals surface area contributed by atoms with Crippen molar-refractivity contribution in [3.8, 4) is 5.75 Å². The Kier molecular flexibility index (Phi) is 6.56. The SMILES string of the molecule is COc1ccc(S(=O)(=O)N2CCCC(C(=O)NCC(=O)OCC3CC3)C2)cc1. The number of piperidine rings is 1. The van der Waals surface area contributed by atoms with Crippen LogP contribution in [0.4, 0.5) is 0 Å². The van der Waals surface area contributed by atoms with Crippen LogP contribution in [0.1, 0.15) is 25.7 Å². The summed E-state index contributed by atoms with van der Waals surface area (Å²) in [4.78, 5) is 24.2. The number of esters is 1. The van der Waals surface area contributed by atoms with E-state index in [1.807, 2.05) is 0 Å². The third-order valence-corrected chi connectivity index (χ3v) is 6.92. The number of carbonyl (C=O) groups excluding carboxylic acids is 2. The first-order valence-electron chi connectivity index (χ1n) is 9.47. The minimum Gasteiger partial charge on any atom is -0.497 e. The molecule has 1 aromatic rings. The molecule has 1 amide bonds. The van der Waals surface area contributed by atoms with E-state index >= 15 is 0 Å². The zero-order chi connectivity index (χ0) is 20.1. The van der Waals surface area contributed by atoms with Crippen molar-refractivity contribution in [2.75, 3.05) is 33.4 Å². The molecule has 1 aromatic carbocycles. The van der Waals surface area contributed by atoms with Gasteiger partial charge in [0.2, 0.25) is 15.9 Å². The van der Waals surface area contributed by atoms with E-state index in [9.17, 15) is 18.0 Å². The molecule has 1 aliphatic heterocycles. The minimum absolute atomic E-state index is 0.0946. The van der Waals surface area contributed by atoms with E-state index < -0.39 is 21.9 Å². The lowest BCUT2D eigenvalue weighted by Gasteiger charge is -2.31. The molecule has 154 valence electrons. The number of methoxy groups -OCH3 is 1. The van der Waals surface area contributed by atoms with Gasteiger partial charge in [0, 0.05) is 13.1 Å². The minimum atomic E-state index is -3.69. The first-order valence-corrected chi connectivity index (χ1v) is 10.9. The summed E-state index contributed by atoms with van der Waals surface area (Å²) in [5, 5.41) is 2.57. The predicted octanol–water partition coefficient (Wildman–Crippen LogP) is 1.17. The van der Waals surface area contributed by atoms with Gasteiger partial charge in [0.25, 0.3) is 0 Å². The maximum absolute atomic E-state index is 12.9. The van der Waals surface area contributed by atoms with Crippen LogP contribution in [0.3, 0.4) is 0 Å². The first-order chi connectivity index (χ1) is 13.4. The molecule has 1 saturated heterocycles. The van der Waals surface area contributed by atoms with Gasteiger partial charge >= 0.3 is 5.97 Å². The van der Waals surface area contributed by atoms with Gasteiger partial charge in [0.15, 0.2) is 0 Å². The highest BCUT2D eigenvalue weighted by atomic mass is 32.2. The quantitative estimate of drug-likeness (QED) is 0.646. The normalized spacial score (nSPS) is 20.4. The summed E-state index contributed by atoms with van der Waals surface area (Å²) in [6, 6.07) is 6.17. The lowest BCUT2D eigenvalue weighted by Crippen LogP contribution is -2.46. The van der Waals surface area contributed by atoms with E-state index in [1.165, 1.54) is 23.5 Å². The van der Waals surface area contributed by atoms with Crippen molar-refractivity contribution in [1.29, 1.82) is 0 Å². The van der Waals surface area contributed by atoms with Gasteiger partial charge in [0.05, 0.1) is 24.5 Å². The zero-order valence-corrected chi connectivity index (χ0v) is 16.7. The van der Waals surface area contributed by atoms with Crippen LogP contribution in [0, 0.1) is 11.8 Å². The van der Waals surface area contributed by atoms with Crippen LogP contribution in [-0.2, 0) is 24.3 Å². The molecule has 2 fully saturated rings. The Hall–Kier alpha value is -2.13. The Labute approximate surface area is 165 Å². The molecule has 2 aliphatic rings. The third kappa shape index (κ3) is 5.23. The second-order valence-corrected chi connectivity index (χ2v) is 9.16. The molecule has 0 radical (unpaired) electrons. The van der Waals surface area contributed by atoms with Gasteiger partial charge < -0.3 is 14.8 Å². The van der Waals surface area contributed by atoms with Crippen molar-refractivity contribution in [2.24, 2.45) is 11.8 Å². The van der Waals surface area contributed by atoms with Gasteiger partial charge in [-0.25, -0.2) is 8.42 Å². The van der Waals surface area contributed by atoms with Crippen molar-refractivity contribution >= 4 is 21.9 Å². The number of carbonyl (C=O) groups is 2. The molecular weight excluding hydrogens is 384 g/mol. The monoisotopic (exact) mass is 410 g/mol. The molecule has 0 bridgehead atoms.